The number of rotatable bonds is 6. The van der Waals surface area contributed by atoms with Crippen molar-refractivity contribution >= 4 is 8.03 Å². The lowest BCUT2D eigenvalue weighted by Crippen LogP contribution is -2.01. The third-order valence-corrected chi connectivity index (χ3v) is 3.31. The Kier molecular flexibility index (Phi) is 5.52. The minimum Gasteiger partial charge on any atom is -0.161 e. The Labute approximate surface area is 92.2 Å². The molecule has 0 radical (unpaired) electrons. The van der Waals surface area contributed by atoms with Crippen LogP contribution in [0, 0.1) is 0 Å². The van der Waals surface area contributed by atoms with Crippen molar-refractivity contribution in [2.45, 2.75) is 32.1 Å². The van der Waals surface area contributed by atoms with Gasteiger partial charge in [0.05, 0.1) is 0 Å². The van der Waals surface area contributed by atoms with Gasteiger partial charge in [-0.25, -0.2) is 0 Å². The third-order valence-electron chi connectivity index (χ3n) is 2.55. The van der Waals surface area contributed by atoms with Crippen molar-refractivity contribution in [1.29, 1.82) is 0 Å². The molecule has 82 valence electrons. The number of benzene rings is 1. The molecule has 0 fully saturated rings. The van der Waals surface area contributed by atoms with Gasteiger partial charge in [-0.1, -0.05) is 50.1 Å². The quantitative estimate of drug-likeness (QED) is 0.749. The highest BCUT2D eigenvalue weighted by molar-refractivity contribution is 7.38. The molecule has 0 saturated heterocycles. The van der Waals surface area contributed by atoms with Crippen LogP contribution < -0.4 is 0 Å². The van der Waals surface area contributed by atoms with E-state index in [4.69, 9.17) is 4.89 Å². The topological polar surface area (TPSA) is 37.3 Å². The van der Waals surface area contributed by atoms with Crippen molar-refractivity contribution in [1.82, 2.24) is 0 Å². The zero-order chi connectivity index (χ0) is 11.1. The SMILES string of the molecule is CCCCC(C[P+](=O)O)c1ccccc1. The molecule has 0 saturated carbocycles. The molecule has 0 aromatic heterocycles. The van der Waals surface area contributed by atoms with E-state index in [0.29, 0.717) is 6.16 Å². The predicted octanol–water partition coefficient (Wildman–Crippen LogP) is 3.70. The van der Waals surface area contributed by atoms with Gasteiger partial charge in [-0.2, -0.15) is 4.89 Å². The Hall–Kier alpha value is -0.720. The first-order chi connectivity index (χ1) is 7.24. The first-order valence-corrected chi connectivity index (χ1v) is 6.82. The maximum Gasteiger partial charge on any atom is 0.506 e. The van der Waals surface area contributed by atoms with E-state index < -0.39 is 8.03 Å². The molecule has 1 N–H and O–H groups in total. The minimum atomic E-state index is -2.03. The lowest BCUT2D eigenvalue weighted by atomic mass is 9.95. The van der Waals surface area contributed by atoms with Gasteiger partial charge in [0, 0.05) is 5.92 Å². The summed E-state index contributed by atoms with van der Waals surface area (Å²) in [5, 5.41) is 0. The Balaban J connectivity index is 2.67. The fourth-order valence-electron chi connectivity index (χ4n) is 1.73. The Morgan fingerprint density at radius 3 is 2.53 bits per heavy atom. The summed E-state index contributed by atoms with van der Waals surface area (Å²) >= 11 is 0. The van der Waals surface area contributed by atoms with Crippen LogP contribution in [0.3, 0.4) is 0 Å². The highest BCUT2D eigenvalue weighted by Gasteiger charge is 2.22. The number of hydrogen-bond acceptors (Lipinski definition) is 1. The van der Waals surface area contributed by atoms with Crippen LogP contribution in [0.2, 0.25) is 0 Å². The van der Waals surface area contributed by atoms with Crippen LogP contribution in [0.1, 0.15) is 37.7 Å². The lowest BCUT2D eigenvalue weighted by Gasteiger charge is -2.10. The van der Waals surface area contributed by atoms with E-state index in [0.717, 1.165) is 19.3 Å². The highest BCUT2D eigenvalue weighted by Crippen LogP contribution is 2.30. The normalized spacial score (nSPS) is 13.6. The van der Waals surface area contributed by atoms with Crippen LogP contribution in [0.4, 0.5) is 0 Å². The van der Waals surface area contributed by atoms with E-state index >= 15 is 0 Å². The molecule has 1 aromatic rings. The molecule has 0 amide bonds. The summed E-state index contributed by atoms with van der Waals surface area (Å²) in [4.78, 5) is 8.99. The first-order valence-electron chi connectivity index (χ1n) is 5.42. The highest BCUT2D eigenvalue weighted by atomic mass is 31.1. The molecule has 0 aliphatic rings. The molecular formula is C12H18O2P+. The second kappa shape index (κ2) is 6.71. The van der Waals surface area contributed by atoms with Gasteiger partial charge in [0.1, 0.15) is 0 Å². The summed E-state index contributed by atoms with van der Waals surface area (Å²) in [6.07, 6.45) is 3.63. The zero-order valence-electron chi connectivity index (χ0n) is 9.10. The summed E-state index contributed by atoms with van der Waals surface area (Å²) in [5.74, 6) is 0.236. The molecule has 0 heterocycles. The van der Waals surface area contributed by atoms with E-state index in [9.17, 15) is 4.57 Å². The van der Waals surface area contributed by atoms with Crippen molar-refractivity contribution < 1.29 is 9.46 Å². The Morgan fingerprint density at radius 2 is 2.00 bits per heavy atom. The Bertz CT molecular complexity index is 298. The minimum absolute atomic E-state index is 0.236. The van der Waals surface area contributed by atoms with Crippen molar-refractivity contribution in [3.63, 3.8) is 0 Å². The molecule has 3 heteroatoms. The molecule has 0 bridgehead atoms. The van der Waals surface area contributed by atoms with Gasteiger partial charge < -0.3 is 0 Å². The van der Waals surface area contributed by atoms with Crippen LogP contribution in [0.15, 0.2) is 30.3 Å². The van der Waals surface area contributed by atoms with Crippen LogP contribution in [0.25, 0.3) is 0 Å². The van der Waals surface area contributed by atoms with Crippen molar-refractivity contribution in [2.24, 2.45) is 0 Å². The molecule has 1 rings (SSSR count). The average Bonchev–Trinajstić information content (AvgIpc) is 2.25. The van der Waals surface area contributed by atoms with Crippen molar-refractivity contribution in [3.8, 4) is 0 Å². The first kappa shape index (κ1) is 12.4. The molecule has 1 aromatic carbocycles. The number of unbranched alkanes of at least 4 members (excludes halogenated alkanes) is 1. The van der Waals surface area contributed by atoms with E-state index in [1.165, 1.54) is 5.56 Å². The summed E-state index contributed by atoms with van der Waals surface area (Å²) < 4.78 is 10.9. The summed E-state index contributed by atoms with van der Waals surface area (Å²) in [6.45, 7) is 2.14. The molecule has 2 unspecified atom stereocenters. The summed E-state index contributed by atoms with van der Waals surface area (Å²) in [5.41, 5.74) is 1.18. The second-order valence-electron chi connectivity index (χ2n) is 3.78. The van der Waals surface area contributed by atoms with E-state index in [2.05, 4.69) is 6.92 Å². The van der Waals surface area contributed by atoms with Gasteiger partial charge in [-0.3, -0.25) is 0 Å². The predicted molar refractivity (Wildman–Crippen MR) is 63.4 cm³/mol. The van der Waals surface area contributed by atoms with Gasteiger partial charge in [0.2, 0.25) is 0 Å². The maximum atomic E-state index is 10.9. The molecule has 0 aliphatic carbocycles. The molecule has 0 spiro atoms. The smallest absolute Gasteiger partial charge is 0.161 e. The largest absolute Gasteiger partial charge is 0.506 e. The van der Waals surface area contributed by atoms with E-state index in [1.807, 2.05) is 30.3 Å². The van der Waals surface area contributed by atoms with Gasteiger partial charge in [-0.05, 0) is 16.5 Å². The molecule has 15 heavy (non-hydrogen) atoms. The van der Waals surface area contributed by atoms with Crippen LogP contribution in [0.5, 0.6) is 0 Å². The molecule has 2 nitrogen and oxygen atoms in total. The van der Waals surface area contributed by atoms with Gasteiger partial charge in [0.15, 0.2) is 6.16 Å². The van der Waals surface area contributed by atoms with Gasteiger partial charge in [-0.15, -0.1) is 0 Å². The fraction of sp³-hybridized carbons (Fsp3) is 0.500. The molecular weight excluding hydrogens is 207 g/mol. The Morgan fingerprint density at radius 1 is 1.33 bits per heavy atom. The van der Waals surface area contributed by atoms with Crippen molar-refractivity contribution in [3.05, 3.63) is 35.9 Å². The summed E-state index contributed by atoms with van der Waals surface area (Å²) in [6, 6.07) is 10.0. The maximum absolute atomic E-state index is 10.9. The lowest BCUT2D eigenvalue weighted by molar-refractivity contribution is 0.492. The van der Waals surface area contributed by atoms with Gasteiger partial charge >= 0.3 is 8.03 Å². The van der Waals surface area contributed by atoms with Crippen LogP contribution >= 0.6 is 8.03 Å². The zero-order valence-corrected chi connectivity index (χ0v) is 9.99. The van der Waals surface area contributed by atoms with E-state index in [1.54, 1.807) is 0 Å². The standard InChI is InChI=1S/C12H17O2P/c1-2-3-7-12(10-15(13)14)11-8-5-4-6-9-11/h4-6,8-9,12H,2-3,7,10H2,1H3/p+1. The monoisotopic (exact) mass is 225 g/mol. The third kappa shape index (κ3) is 4.55. The van der Waals surface area contributed by atoms with Crippen LogP contribution in [-0.4, -0.2) is 11.1 Å². The second-order valence-corrected chi connectivity index (χ2v) is 4.85. The molecule has 0 aliphatic heterocycles. The van der Waals surface area contributed by atoms with E-state index in [-0.39, 0.29) is 5.92 Å². The summed E-state index contributed by atoms with van der Waals surface area (Å²) in [7, 11) is -2.03. The number of hydrogen-bond donors (Lipinski definition) is 1. The van der Waals surface area contributed by atoms with Gasteiger partial charge in [0.25, 0.3) is 0 Å². The van der Waals surface area contributed by atoms with Crippen LogP contribution in [-0.2, 0) is 4.57 Å². The van der Waals surface area contributed by atoms with Crippen molar-refractivity contribution in [2.75, 3.05) is 6.16 Å². The average molecular weight is 225 g/mol. The molecule has 2 atom stereocenters. The fourth-order valence-corrected chi connectivity index (χ4v) is 2.50.